The molecule has 0 aliphatic heterocycles. The molecule has 1 rings (SSSR count). The lowest BCUT2D eigenvalue weighted by Crippen LogP contribution is -2.30. The topological polar surface area (TPSA) is 42.1 Å². The number of pyridine rings is 1. The summed E-state index contributed by atoms with van der Waals surface area (Å²) in [5.41, 5.74) is 6.30. The molecule has 14 heavy (non-hydrogen) atoms. The van der Waals surface area contributed by atoms with Crippen molar-refractivity contribution >= 4 is 11.5 Å². The van der Waals surface area contributed by atoms with Gasteiger partial charge < -0.3 is 10.6 Å². The van der Waals surface area contributed by atoms with Gasteiger partial charge in [-0.2, -0.15) is 0 Å². The van der Waals surface area contributed by atoms with Crippen LogP contribution in [-0.2, 0) is 0 Å². The van der Waals surface area contributed by atoms with Crippen LogP contribution in [0.1, 0.15) is 26.7 Å². The van der Waals surface area contributed by atoms with E-state index in [4.69, 9.17) is 5.73 Å². The third-order valence-corrected chi connectivity index (χ3v) is 2.62. The van der Waals surface area contributed by atoms with Crippen molar-refractivity contribution in [3.63, 3.8) is 0 Å². The van der Waals surface area contributed by atoms with Gasteiger partial charge in [0, 0.05) is 13.1 Å². The highest BCUT2D eigenvalue weighted by Gasteiger charge is 2.11. The lowest BCUT2D eigenvalue weighted by molar-refractivity contribution is 0.587. The summed E-state index contributed by atoms with van der Waals surface area (Å²) in [7, 11) is 2.08. The Morgan fingerprint density at radius 3 is 2.43 bits per heavy atom. The van der Waals surface area contributed by atoms with Crippen LogP contribution >= 0.6 is 0 Å². The molecule has 1 heterocycles. The third kappa shape index (κ3) is 2.37. The van der Waals surface area contributed by atoms with E-state index in [0.717, 1.165) is 18.7 Å². The van der Waals surface area contributed by atoms with Gasteiger partial charge in [0.1, 0.15) is 5.82 Å². The summed E-state index contributed by atoms with van der Waals surface area (Å²) >= 11 is 0. The van der Waals surface area contributed by atoms with Crippen LogP contribution in [0.15, 0.2) is 18.3 Å². The van der Waals surface area contributed by atoms with E-state index in [2.05, 4.69) is 30.8 Å². The van der Waals surface area contributed by atoms with Crippen molar-refractivity contribution in [1.29, 1.82) is 0 Å². The van der Waals surface area contributed by atoms with E-state index >= 15 is 0 Å². The average molecular weight is 193 g/mol. The molecule has 0 amide bonds. The van der Waals surface area contributed by atoms with Gasteiger partial charge in [0.25, 0.3) is 0 Å². The zero-order chi connectivity index (χ0) is 10.6. The Balaban J connectivity index is 2.77. The molecule has 0 aromatic carbocycles. The number of nitrogens with zero attached hydrogens (tertiary/aromatic N) is 2. The summed E-state index contributed by atoms with van der Waals surface area (Å²) in [5.74, 6) is 0.993. The number of nitrogens with two attached hydrogens (primary N) is 1. The van der Waals surface area contributed by atoms with Crippen molar-refractivity contribution in [2.45, 2.75) is 32.7 Å². The minimum atomic E-state index is 0.561. The van der Waals surface area contributed by atoms with E-state index < -0.39 is 0 Å². The molecule has 0 spiro atoms. The lowest BCUT2D eigenvalue weighted by atomic mass is 10.1. The first-order chi connectivity index (χ1) is 6.69. The van der Waals surface area contributed by atoms with Crippen molar-refractivity contribution in [3.05, 3.63) is 18.3 Å². The highest BCUT2D eigenvalue weighted by atomic mass is 15.2. The lowest BCUT2D eigenvalue weighted by Gasteiger charge is -2.27. The molecule has 1 aromatic heterocycles. The summed E-state index contributed by atoms with van der Waals surface area (Å²) < 4.78 is 0. The maximum absolute atomic E-state index is 5.59. The third-order valence-electron chi connectivity index (χ3n) is 2.62. The highest BCUT2D eigenvalue weighted by molar-refractivity contribution is 5.45. The zero-order valence-electron chi connectivity index (χ0n) is 9.20. The number of aromatic nitrogens is 1. The molecule has 2 N–H and O–H groups in total. The second-order valence-corrected chi connectivity index (χ2v) is 3.53. The fourth-order valence-electron chi connectivity index (χ4n) is 1.63. The molecular formula is C11H19N3. The van der Waals surface area contributed by atoms with Gasteiger partial charge in [-0.3, -0.25) is 0 Å². The van der Waals surface area contributed by atoms with E-state index in [9.17, 15) is 0 Å². The van der Waals surface area contributed by atoms with Crippen molar-refractivity contribution in [2.75, 3.05) is 17.7 Å². The Morgan fingerprint density at radius 1 is 1.36 bits per heavy atom. The fourth-order valence-corrected chi connectivity index (χ4v) is 1.63. The first kappa shape index (κ1) is 10.8. The number of nitrogen functional groups attached to an aromatic ring is 1. The summed E-state index contributed by atoms with van der Waals surface area (Å²) in [6.07, 6.45) is 3.98. The van der Waals surface area contributed by atoms with Crippen LogP contribution in [0.4, 0.5) is 11.5 Å². The van der Waals surface area contributed by atoms with Crippen LogP contribution in [0, 0.1) is 0 Å². The highest BCUT2D eigenvalue weighted by Crippen LogP contribution is 2.16. The van der Waals surface area contributed by atoms with Gasteiger partial charge in [0.05, 0.1) is 11.9 Å². The van der Waals surface area contributed by atoms with Crippen LogP contribution < -0.4 is 10.6 Å². The molecule has 78 valence electrons. The maximum Gasteiger partial charge on any atom is 0.128 e. The molecule has 0 radical (unpaired) electrons. The van der Waals surface area contributed by atoms with Crippen molar-refractivity contribution in [1.82, 2.24) is 4.98 Å². The average Bonchev–Trinajstić information content (AvgIpc) is 2.20. The smallest absolute Gasteiger partial charge is 0.128 e. The molecule has 0 bridgehead atoms. The number of hydrogen-bond donors (Lipinski definition) is 1. The zero-order valence-corrected chi connectivity index (χ0v) is 9.20. The molecule has 0 aliphatic carbocycles. The van der Waals surface area contributed by atoms with Gasteiger partial charge in [-0.25, -0.2) is 4.98 Å². The molecule has 3 nitrogen and oxygen atoms in total. The molecule has 0 fully saturated rings. The summed E-state index contributed by atoms with van der Waals surface area (Å²) in [6.45, 7) is 4.39. The van der Waals surface area contributed by atoms with Gasteiger partial charge >= 0.3 is 0 Å². The second kappa shape index (κ2) is 4.84. The van der Waals surface area contributed by atoms with E-state index in [1.165, 1.54) is 0 Å². The Bertz CT molecular complexity index is 264. The van der Waals surface area contributed by atoms with E-state index in [-0.39, 0.29) is 0 Å². The summed E-state index contributed by atoms with van der Waals surface area (Å²) in [5, 5.41) is 0. The molecule has 1 aromatic rings. The van der Waals surface area contributed by atoms with Gasteiger partial charge in [0.15, 0.2) is 0 Å². The Kier molecular flexibility index (Phi) is 3.74. The predicted octanol–water partition coefficient (Wildman–Crippen LogP) is 2.29. The van der Waals surface area contributed by atoms with Crippen LogP contribution in [0.25, 0.3) is 0 Å². The van der Waals surface area contributed by atoms with Gasteiger partial charge in [-0.1, -0.05) is 13.8 Å². The van der Waals surface area contributed by atoms with Crippen molar-refractivity contribution < 1.29 is 0 Å². The SMILES string of the molecule is CCC(CC)N(C)c1ccc(N)cn1. The maximum atomic E-state index is 5.59. The molecule has 3 heteroatoms. The van der Waals surface area contributed by atoms with E-state index in [1.54, 1.807) is 6.20 Å². The van der Waals surface area contributed by atoms with Gasteiger partial charge in [-0.15, -0.1) is 0 Å². The van der Waals surface area contributed by atoms with Crippen LogP contribution in [0.2, 0.25) is 0 Å². The molecular weight excluding hydrogens is 174 g/mol. The second-order valence-electron chi connectivity index (χ2n) is 3.53. The minimum Gasteiger partial charge on any atom is -0.397 e. The van der Waals surface area contributed by atoms with Crippen LogP contribution in [0.5, 0.6) is 0 Å². The van der Waals surface area contributed by atoms with Gasteiger partial charge in [-0.05, 0) is 25.0 Å². The molecule has 0 saturated heterocycles. The number of rotatable bonds is 4. The standard InChI is InChI=1S/C11H19N3/c1-4-10(5-2)14(3)11-7-6-9(12)8-13-11/h6-8,10H,4-5,12H2,1-3H3. The monoisotopic (exact) mass is 193 g/mol. The molecule has 0 saturated carbocycles. The Hall–Kier alpha value is -1.25. The quantitative estimate of drug-likeness (QED) is 0.797. The van der Waals surface area contributed by atoms with Crippen molar-refractivity contribution in [3.8, 4) is 0 Å². The Morgan fingerprint density at radius 2 is 2.00 bits per heavy atom. The first-order valence-electron chi connectivity index (χ1n) is 5.13. The van der Waals surface area contributed by atoms with Crippen LogP contribution in [0.3, 0.4) is 0 Å². The summed E-state index contributed by atoms with van der Waals surface area (Å²) in [4.78, 5) is 6.50. The largest absolute Gasteiger partial charge is 0.397 e. The predicted molar refractivity (Wildman–Crippen MR) is 61.4 cm³/mol. The fraction of sp³-hybridized carbons (Fsp3) is 0.545. The van der Waals surface area contributed by atoms with Gasteiger partial charge in [0.2, 0.25) is 0 Å². The van der Waals surface area contributed by atoms with Crippen LogP contribution in [-0.4, -0.2) is 18.1 Å². The number of hydrogen-bond acceptors (Lipinski definition) is 3. The normalized spacial score (nSPS) is 10.6. The summed E-state index contributed by atoms with van der Waals surface area (Å²) in [6, 6.07) is 4.42. The number of anilines is 2. The Labute approximate surface area is 85.9 Å². The minimum absolute atomic E-state index is 0.561. The molecule has 0 atom stereocenters. The van der Waals surface area contributed by atoms with E-state index in [1.807, 2.05) is 12.1 Å². The molecule has 0 aliphatic rings. The molecule has 0 unspecified atom stereocenters. The van der Waals surface area contributed by atoms with E-state index in [0.29, 0.717) is 11.7 Å². The first-order valence-corrected chi connectivity index (χ1v) is 5.13. The van der Waals surface area contributed by atoms with Crippen molar-refractivity contribution in [2.24, 2.45) is 0 Å².